The molecular weight excluding hydrogens is 1530 g/mol. The molecule has 0 aliphatic heterocycles. The van der Waals surface area contributed by atoms with Crippen LogP contribution in [0, 0.1) is 0 Å². The topological polar surface area (TPSA) is 66.4 Å². The molecule has 496 valence electrons. The Kier molecular flexibility index (Phi) is 74.9. The fraction of sp³-hybridized carbons (Fsp3) is 0.586. The van der Waals surface area contributed by atoms with E-state index >= 15 is 0 Å². The summed E-state index contributed by atoms with van der Waals surface area (Å²) >= 11 is 86.5. The molecule has 4 aromatic rings. The number of hydrogen-bond donors (Lipinski definition) is 4. The monoisotopic (exact) mass is 1610 g/mol. The quantitative estimate of drug-likeness (QED) is 0.0436. The molecule has 0 aliphatic carbocycles. The maximum absolute atomic E-state index is 4.81. The van der Waals surface area contributed by atoms with Crippen LogP contribution < -0.4 is 70.9 Å². The lowest BCUT2D eigenvalue weighted by molar-refractivity contribution is -0.647. The van der Waals surface area contributed by atoms with Crippen LogP contribution in [0.4, 0.5) is 22.7 Å². The number of rotatable bonds is 18. The van der Waals surface area contributed by atoms with Gasteiger partial charge in [-0.15, -0.1) is 0 Å². The number of nitrogens with two attached hydrogens (primary N) is 4. The number of alkyl halides is 18. The van der Waals surface area contributed by atoms with E-state index in [1.165, 1.54) is 67.3 Å². The highest BCUT2D eigenvalue weighted by atomic mass is 35.6. The Hall–Kier alpha value is 3.10. The summed E-state index contributed by atoms with van der Waals surface area (Å²) < 4.78 is -4.50. The zero-order chi connectivity index (χ0) is 63.2. The van der Waals surface area contributed by atoms with Gasteiger partial charge in [0.15, 0.2) is 25.8 Å². The predicted molar refractivity (Wildman–Crippen MR) is 372 cm³/mol. The van der Waals surface area contributed by atoms with Crippen molar-refractivity contribution < 1.29 is 70.9 Å². The number of benzene rings is 4. The van der Waals surface area contributed by atoms with Crippen molar-refractivity contribution in [2.45, 2.75) is 184 Å². The third-order valence-electron chi connectivity index (χ3n) is 11.4. The van der Waals surface area contributed by atoms with Crippen LogP contribution in [0.1, 0.15) is 203 Å². The Morgan fingerprint density at radius 1 is 0.214 bits per heavy atom. The molecule has 8 N–H and O–H groups in total. The summed E-state index contributed by atoms with van der Waals surface area (Å²) in [5.41, 5.74) is 17.8. The molecule has 26 heteroatoms. The molecule has 4 aromatic carbocycles. The number of para-hydroxylation sites is 4. The van der Waals surface area contributed by atoms with Crippen molar-refractivity contribution in [2.24, 2.45) is 0 Å². The first-order valence-corrected chi connectivity index (χ1v) is 34.1. The van der Waals surface area contributed by atoms with Gasteiger partial charge in [0, 0.05) is 44.5 Å². The van der Waals surface area contributed by atoms with Crippen molar-refractivity contribution >= 4 is 232 Å². The molecule has 0 saturated heterocycles. The van der Waals surface area contributed by atoms with Crippen LogP contribution in [0.2, 0.25) is 0 Å². The minimum absolute atomic E-state index is 0. The first-order valence-electron chi connectivity index (χ1n) is 26.2. The van der Waals surface area contributed by atoms with E-state index in [0.29, 0.717) is 47.3 Å². The van der Waals surface area contributed by atoms with Gasteiger partial charge in [-0.3, -0.25) is 0 Å². The van der Waals surface area contributed by atoms with E-state index in [0.717, 1.165) is 26.2 Å². The third-order valence-corrected chi connectivity index (χ3v) is 11.4. The van der Waals surface area contributed by atoms with Crippen molar-refractivity contribution in [3.05, 3.63) is 117 Å². The highest BCUT2D eigenvalue weighted by Crippen LogP contribution is 2.32. The molecule has 4 nitrogen and oxygen atoms in total. The van der Waals surface area contributed by atoms with Crippen LogP contribution in [0.25, 0.3) is 0 Å². The molecule has 0 aromatic heterocycles. The van der Waals surface area contributed by atoms with E-state index in [2.05, 4.69) is 205 Å². The van der Waals surface area contributed by atoms with Gasteiger partial charge in [-0.1, -0.05) is 392 Å². The highest BCUT2D eigenvalue weighted by Gasteiger charge is 2.22. The lowest BCUT2D eigenvalue weighted by Crippen LogP contribution is -3.00. The molecule has 0 unspecified atom stereocenters. The predicted octanol–water partition coefficient (Wildman–Crippen LogP) is 10.5. The van der Waals surface area contributed by atoms with Gasteiger partial charge in [0.2, 0.25) is 0 Å². The summed E-state index contributed by atoms with van der Waals surface area (Å²) in [4.78, 5) is 0. The molecule has 0 amide bonds. The average molecular weight is 1620 g/mol. The van der Waals surface area contributed by atoms with E-state index in [1.807, 2.05) is 0 Å². The summed E-state index contributed by atoms with van der Waals surface area (Å²) in [7, 11) is 0. The summed E-state index contributed by atoms with van der Waals surface area (Å²) in [5, 5.41) is 9.92. The first-order chi connectivity index (χ1) is 36.9. The molecule has 0 atom stereocenters. The second-order valence-electron chi connectivity index (χ2n) is 20.1. The third kappa shape index (κ3) is 54.5. The maximum atomic E-state index is 4.81. The van der Waals surface area contributed by atoms with Crippen LogP contribution in [-0.4, -0.2) is 52.0 Å². The molecule has 0 fully saturated rings. The molecule has 0 heterocycles. The van der Waals surface area contributed by atoms with Gasteiger partial charge >= 0.3 is 0 Å². The van der Waals surface area contributed by atoms with Crippen LogP contribution in [0.15, 0.2) is 72.8 Å². The average Bonchev–Trinajstić information content (AvgIpc) is 3.30. The molecule has 0 radical (unpaired) electrons. The van der Waals surface area contributed by atoms with E-state index in [1.54, 1.807) is 0 Å². The summed E-state index contributed by atoms with van der Waals surface area (Å²) in [6.45, 7) is 41.2. The Morgan fingerprint density at radius 3 is 0.369 bits per heavy atom. The van der Waals surface area contributed by atoms with Crippen LogP contribution >= 0.6 is 209 Å². The van der Waals surface area contributed by atoms with Gasteiger partial charge in [-0.05, 0) is 47.3 Å². The van der Waals surface area contributed by atoms with Gasteiger partial charge < -0.3 is 70.9 Å². The van der Waals surface area contributed by atoms with Crippen molar-refractivity contribution in [3.8, 4) is 0 Å². The molecule has 0 saturated carbocycles. The minimum atomic E-state index is -0.750. The lowest BCUT2D eigenvalue weighted by atomic mass is 9.92. The van der Waals surface area contributed by atoms with E-state index < -0.39 is 25.8 Å². The van der Waals surface area contributed by atoms with Gasteiger partial charge in [-0.25, -0.2) is 0 Å². The van der Waals surface area contributed by atoms with Gasteiger partial charge in [0.1, 0.15) is 48.9 Å². The summed E-state index contributed by atoms with van der Waals surface area (Å²) in [6.07, 6.45) is 0. The molecule has 0 bridgehead atoms. The molecule has 0 spiro atoms. The fourth-order valence-corrected chi connectivity index (χ4v) is 8.29. The fourth-order valence-electron chi connectivity index (χ4n) is 8.29. The van der Waals surface area contributed by atoms with Crippen LogP contribution in [-0.2, 0) is 0 Å². The Labute approximate surface area is 622 Å². The van der Waals surface area contributed by atoms with Crippen molar-refractivity contribution in [1.29, 1.82) is 0 Å². The second kappa shape index (κ2) is 61.0. The van der Waals surface area contributed by atoms with E-state index in [4.69, 9.17) is 209 Å². The zero-order valence-corrected chi connectivity index (χ0v) is 67.1. The van der Waals surface area contributed by atoms with Crippen LogP contribution in [0.5, 0.6) is 0 Å². The molecular formula is C58H90Cl22N4. The Balaban J connectivity index is -0.000000160. The number of hydrogen-bond acceptors (Lipinski definition) is 0. The van der Waals surface area contributed by atoms with E-state index in [-0.39, 0.29) is 49.6 Å². The number of quaternary nitrogens is 4. The van der Waals surface area contributed by atoms with Crippen molar-refractivity contribution in [3.63, 3.8) is 0 Å². The van der Waals surface area contributed by atoms with Crippen LogP contribution in [0.3, 0.4) is 0 Å². The van der Waals surface area contributed by atoms with Gasteiger partial charge in [0.05, 0.1) is 0 Å². The van der Waals surface area contributed by atoms with E-state index in [9.17, 15) is 0 Å². The maximum Gasteiger partial charge on any atom is 0.180 e. The Morgan fingerprint density at radius 2 is 0.298 bits per heavy atom. The zero-order valence-electron chi connectivity index (χ0n) is 50.5. The smallest absolute Gasteiger partial charge is 0.180 e. The molecule has 84 heavy (non-hydrogen) atoms. The second-order valence-corrected chi connectivity index (χ2v) is 32.0. The lowest BCUT2D eigenvalue weighted by Gasteiger charge is -2.18. The SMILES string of the molecule is CC(C)c1cccc(C(C)C)c1[NH2+]CC[NH2+]c1c(C(C)C)cccc1C(C)C.CC(C)c1cccc(C(C)C)c1[NH2+]CC[NH2+]c1c(C(C)C)cccc1C(C)C.ClC(Cl)Cl.ClC(Cl)Cl.ClC(Cl)Cl.ClC(Cl)Cl.ClC(Cl)Cl.ClC(Cl)Cl.[Cl-].[Cl-].[Cl-].[Cl-]. The highest BCUT2D eigenvalue weighted by molar-refractivity contribution is 6.65. The molecule has 0 aliphatic rings. The first kappa shape index (κ1) is 103. The Bertz CT molecular complexity index is 1710. The largest absolute Gasteiger partial charge is 1.00 e. The van der Waals surface area contributed by atoms with Crippen molar-refractivity contribution in [1.82, 2.24) is 0 Å². The van der Waals surface area contributed by atoms with Crippen molar-refractivity contribution in [2.75, 3.05) is 26.2 Å². The molecule has 4 rings (SSSR count). The van der Waals surface area contributed by atoms with Gasteiger partial charge in [0.25, 0.3) is 0 Å². The minimum Gasteiger partial charge on any atom is -1.00 e. The normalized spacial score (nSPS) is 10.6. The standard InChI is InChI=1S/2C26H40N2.6CHCl3.4ClH/c2*1-17(2)21-11-9-12-22(18(3)4)25(21)27-15-16-28-26-23(19(5)6)13-10-14-24(26)20(7)8;6*2-1(3)4;;;;/h2*9-14,17-20,27-28H,15-16H2,1-8H3;6*1H;4*1H. The number of halogens is 22. The van der Waals surface area contributed by atoms with Gasteiger partial charge in [-0.2, -0.15) is 0 Å². The summed E-state index contributed by atoms with van der Waals surface area (Å²) in [6, 6.07) is 27.3. The summed E-state index contributed by atoms with van der Waals surface area (Å²) in [5.74, 6) is 4.47.